The number of aromatic amines is 1. The first kappa shape index (κ1) is 12.4. The van der Waals surface area contributed by atoms with E-state index in [1.165, 1.54) is 0 Å². The maximum atomic E-state index is 12.4. The molecule has 1 aliphatic rings. The molecule has 0 saturated carbocycles. The van der Waals surface area contributed by atoms with Crippen molar-refractivity contribution in [3.63, 3.8) is 0 Å². The molecule has 3 rings (SSSR count). The summed E-state index contributed by atoms with van der Waals surface area (Å²) in [5.41, 5.74) is 0.569. The van der Waals surface area contributed by atoms with Gasteiger partial charge < -0.3 is 14.4 Å². The number of hydrogen-bond donors (Lipinski definition) is 1. The molecule has 0 aromatic carbocycles. The van der Waals surface area contributed by atoms with Gasteiger partial charge in [0, 0.05) is 24.1 Å². The molecule has 2 aromatic rings. The second-order valence-electron chi connectivity index (χ2n) is 4.56. The number of hydrogen-bond acceptors (Lipinski definition) is 4. The molecule has 1 atom stereocenters. The molecule has 1 N–H and O–H groups in total. The molecule has 0 spiro atoms. The topological polar surface area (TPSA) is 75.0 Å². The van der Waals surface area contributed by atoms with Gasteiger partial charge >= 0.3 is 0 Å². The highest BCUT2D eigenvalue weighted by molar-refractivity contribution is 9.10. The molecule has 1 fully saturated rings. The minimum Gasteiger partial charge on any atom is -0.356 e. The first-order valence-electron chi connectivity index (χ1n) is 6.10. The average Bonchev–Trinajstić information content (AvgIpc) is 3.07. The first-order chi connectivity index (χ1) is 9.15. The highest BCUT2D eigenvalue weighted by atomic mass is 79.9. The third-order valence-corrected chi connectivity index (χ3v) is 3.69. The molecule has 3 heterocycles. The summed E-state index contributed by atoms with van der Waals surface area (Å²) in [4.78, 5) is 21.4. The standard InChI is InChI=1S/C12H13BrN4O2/c1-7-15-11(16-19-7)10-3-2-4-17(10)12(18)9-5-8(13)6-14-9/h5-6,10,14H,2-4H2,1H3/t10-/m1/s1. The molecular formula is C12H13BrN4O2. The van der Waals surface area contributed by atoms with Gasteiger partial charge in [-0.25, -0.2) is 0 Å². The Kier molecular flexibility index (Phi) is 3.14. The summed E-state index contributed by atoms with van der Waals surface area (Å²) in [6, 6.07) is 1.69. The molecule has 1 aliphatic heterocycles. The molecule has 0 bridgehead atoms. The molecule has 1 amide bonds. The number of aromatic nitrogens is 3. The van der Waals surface area contributed by atoms with Crippen molar-refractivity contribution < 1.29 is 9.32 Å². The van der Waals surface area contributed by atoms with Crippen molar-refractivity contribution in [2.24, 2.45) is 0 Å². The number of aryl methyl sites for hydroxylation is 1. The van der Waals surface area contributed by atoms with Gasteiger partial charge in [-0.15, -0.1) is 0 Å². The van der Waals surface area contributed by atoms with Gasteiger partial charge in [-0.05, 0) is 34.8 Å². The lowest BCUT2D eigenvalue weighted by molar-refractivity contribution is 0.0723. The van der Waals surface area contributed by atoms with E-state index in [0.29, 0.717) is 24.0 Å². The van der Waals surface area contributed by atoms with Crippen LogP contribution in [0.4, 0.5) is 0 Å². The predicted molar refractivity (Wildman–Crippen MR) is 70.5 cm³/mol. The summed E-state index contributed by atoms with van der Waals surface area (Å²) in [6.07, 6.45) is 3.56. The number of nitrogens with one attached hydrogen (secondary N) is 1. The van der Waals surface area contributed by atoms with Crippen molar-refractivity contribution in [3.05, 3.63) is 34.1 Å². The van der Waals surface area contributed by atoms with Crippen LogP contribution in [-0.4, -0.2) is 32.5 Å². The van der Waals surface area contributed by atoms with Gasteiger partial charge in [0.1, 0.15) is 5.69 Å². The van der Waals surface area contributed by atoms with Crippen LogP contribution in [0, 0.1) is 6.92 Å². The Morgan fingerprint density at radius 3 is 3.11 bits per heavy atom. The minimum absolute atomic E-state index is 0.0318. The first-order valence-corrected chi connectivity index (χ1v) is 6.89. The molecule has 2 aromatic heterocycles. The van der Waals surface area contributed by atoms with Crippen LogP contribution in [0.2, 0.25) is 0 Å². The van der Waals surface area contributed by atoms with E-state index in [9.17, 15) is 4.79 Å². The number of amides is 1. The lowest BCUT2D eigenvalue weighted by atomic mass is 10.2. The molecule has 7 heteroatoms. The number of carbonyl (C=O) groups is 1. The number of likely N-dealkylation sites (tertiary alicyclic amines) is 1. The van der Waals surface area contributed by atoms with Gasteiger partial charge in [0.2, 0.25) is 5.89 Å². The van der Waals surface area contributed by atoms with Crippen molar-refractivity contribution in [2.75, 3.05) is 6.54 Å². The third-order valence-electron chi connectivity index (χ3n) is 3.23. The van der Waals surface area contributed by atoms with E-state index >= 15 is 0 Å². The Balaban J connectivity index is 1.85. The average molecular weight is 325 g/mol. The van der Waals surface area contributed by atoms with Crippen LogP contribution in [0.1, 0.15) is 41.1 Å². The van der Waals surface area contributed by atoms with Gasteiger partial charge in [-0.2, -0.15) is 4.98 Å². The Bertz CT molecular complexity index is 606. The van der Waals surface area contributed by atoms with Gasteiger partial charge in [0.25, 0.3) is 5.91 Å². The van der Waals surface area contributed by atoms with Gasteiger partial charge in [-0.1, -0.05) is 5.16 Å². The summed E-state index contributed by atoms with van der Waals surface area (Å²) in [5, 5.41) is 3.93. The summed E-state index contributed by atoms with van der Waals surface area (Å²) in [7, 11) is 0. The van der Waals surface area contributed by atoms with Crippen molar-refractivity contribution >= 4 is 21.8 Å². The zero-order valence-corrected chi connectivity index (χ0v) is 12.0. The monoisotopic (exact) mass is 324 g/mol. The van der Waals surface area contributed by atoms with Gasteiger partial charge in [-0.3, -0.25) is 4.79 Å². The Labute approximate surface area is 118 Å². The van der Waals surface area contributed by atoms with Crippen LogP contribution in [0.25, 0.3) is 0 Å². The Hall–Kier alpha value is -1.63. The number of nitrogens with zero attached hydrogens (tertiary/aromatic N) is 3. The molecule has 1 saturated heterocycles. The quantitative estimate of drug-likeness (QED) is 0.920. The fraction of sp³-hybridized carbons (Fsp3) is 0.417. The highest BCUT2D eigenvalue weighted by Gasteiger charge is 2.34. The fourth-order valence-electron chi connectivity index (χ4n) is 2.37. The Morgan fingerprint density at radius 1 is 1.63 bits per heavy atom. The summed E-state index contributed by atoms with van der Waals surface area (Å²) in [5.74, 6) is 1.08. The van der Waals surface area contributed by atoms with E-state index in [-0.39, 0.29) is 11.9 Å². The number of rotatable bonds is 2. The van der Waals surface area contributed by atoms with Gasteiger partial charge in [0.05, 0.1) is 6.04 Å². The number of carbonyl (C=O) groups excluding carboxylic acids is 1. The second kappa shape index (κ2) is 4.80. The van der Waals surface area contributed by atoms with E-state index in [0.717, 1.165) is 17.3 Å². The van der Waals surface area contributed by atoms with Crippen LogP contribution in [-0.2, 0) is 0 Å². The minimum atomic E-state index is -0.0907. The molecule has 0 aliphatic carbocycles. The normalized spacial score (nSPS) is 19.1. The van der Waals surface area contributed by atoms with Crippen molar-refractivity contribution in [2.45, 2.75) is 25.8 Å². The SMILES string of the molecule is Cc1nc([C@H]2CCCN2C(=O)c2cc(Br)c[nH]2)no1. The summed E-state index contributed by atoms with van der Waals surface area (Å²) in [6.45, 7) is 2.47. The van der Waals surface area contributed by atoms with E-state index < -0.39 is 0 Å². The second-order valence-corrected chi connectivity index (χ2v) is 5.48. The van der Waals surface area contributed by atoms with Crippen LogP contribution in [0.5, 0.6) is 0 Å². The summed E-state index contributed by atoms with van der Waals surface area (Å²) >= 11 is 3.33. The predicted octanol–water partition coefficient (Wildman–Crippen LogP) is 2.45. The van der Waals surface area contributed by atoms with Crippen LogP contribution in [0.3, 0.4) is 0 Å². The van der Waals surface area contributed by atoms with Gasteiger partial charge in [0.15, 0.2) is 5.82 Å². The van der Waals surface area contributed by atoms with Crippen molar-refractivity contribution in [3.8, 4) is 0 Å². The highest BCUT2D eigenvalue weighted by Crippen LogP contribution is 2.31. The van der Waals surface area contributed by atoms with E-state index in [1.54, 1.807) is 24.1 Å². The smallest absolute Gasteiger partial charge is 0.270 e. The zero-order valence-electron chi connectivity index (χ0n) is 10.4. The summed E-state index contributed by atoms with van der Waals surface area (Å²) < 4.78 is 5.86. The maximum absolute atomic E-state index is 12.4. The lowest BCUT2D eigenvalue weighted by Crippen LogP contribution is -2.31. The van der Waals surface area contributed by atoms with E-state index in [1.807, 2.05) is 0 Å². The fourth-order valence-corrected chi connectivity index (χ4v) is 2.72. The lowest BCUT2D eigenvalue weighted by Gasteiger charge is -2.21. The zero-order chi connectivity index (χ0) is 13.4. The van der Waals surface area contributed by atoms with Crippen molar-refractivity contribution in [1.82, 2.24) is 20.0 Å². The van der Waals surface area contributed by atoms with E-state index in [4.69, 9.17) is 4.52 Å². The molecule has 6 nitrogen and oxygen atoms in total. The molecular weight excluding hydrogens is 312 g/mol. The van der Waals surface area contributed by atoms with Crippen LogP contribution >= 0.6 is 15.9 Å². The van der Waals surface area contributed by atoms with Crippen LogP contribution in [0.15, 0.2) is 21.3 Å². The number of halogens is 1. The van der Waals surface area contributed by atoms with Crippen LogP contribution < -0.4 is 0 Å². The molecule has 0 radical (unpaired) electrons. The molecule has 19 heavy (non-hydrogen) atoms. The molecule has 100 valence electrons. The number of H-pyrrole nitrogens is 1. The third kappa shape index (κ3) is 2.30. The van der Waals surface area contributed by atoms with Crippen molar-refractivity contribution in [1.29, 1.82) is 0 Å². The Morgan fingerprint density at radius 2 is 2.47 bits per heavy atom. The maximum Gasteiger partial charge on any atom is 0.270 e. The molecule has 0 unspecified atom stereocenters. The van der Waals surface area contributed by atoms with E-state index in [2.05, 4.69) is 31.1 Å². The largest absolute Gasteiger partial charge is 0.356 e.